The number of hydrogen-bond acceptors (Lipinski definition) is 5. The molecule has 0 amide bonds. The first-order valence-electron chi connectivity index (χ1n) is 8.87. The van der Waals surface area contributed by atoms with E-state index in [0.717, 1.165) is 11.1 Å². The molecule has 1 unspecified atom stereocenters. The molecule has 29 heavy (non-hydrogen) atoms. The van der Waals surface area contributed by atoms with E-state index in [1.54, 1.807) is 24.3 Å². The van der Waals surface area contributed by atoms with Crippen LogP contribution in [0.5, 0.6) is 0 Å². The summed E-state index contributed by atoms with van der Waals surface area (Å²) < 4.78 is 54.9. The molecule has 2 aromatic rings. The van der Waals surface area contributed by atoms with Crippen LogP contribution in [0, 0.1) is 13.8 Å². The van der Waals surface area contributed by atoms with Crippen molar-refractivity contribution < 1.29 is 26.7 Å². The van der Waals surface area contributed by atoms with Gasteiger partial charge < -0.3 is 5.11 Å². The van der Waals surface area contributed by atoms with Crippen LogP contribution in [0.15, 0.2) is 58.3 Å². The van der Waals surface area contributed by atoms with Crippen molar-refractivity contribution in [2.75, 3.05) is 6.54 Å². The van der Waals surface area contributed by atoms with Crippen LogP contribution in [0.3, 0.4) is 0 Å². The molecule has 0 radical (unpaired) electrons. The number of aryl methyl sites for hydroxylation is 2. The molecular weight excluding hydrogens is 416 g/mol. The molecule has 0 spiro atoms. The molecular formula is C19H24N2O6S2. The Kier molecular flexibility index (Phi) is 7.53. The van der Waals surface area contributed by atoms with Gasteiger partial charge in [-0.1, -0.05) is 35.4 Å². The second-order valence-corrected chi connectivity index (χ2v) is 10.2. The van der Waals surface area contributed by atoms with Gasteiger partial charge in [0.2, 0.25) is 20.0 Å². The molecule has 0 aliphatic carbocycles. The van der Waals surface area contributed by atoms with E-state index in [0.29, 0.717) is 0 Å². The van der Waals surface area contributed by atoms with E-state index in [-0.39, 0.29) is 29.2 Å². The summed E-state index contributed by atoms with van der Waals surface area (Å²) in [7, 11) is -7.81. The number of aliphatic carboxylic acids is 1. The normalized spacial score (nSPS) is 13.2. The predicted octanol–water partition coefficient (Wildman–Crippen LogP) is 1.79. The summed E-state index contributed by atoms with van der Waals surface area (Å²) >= 11 is 0. The summed E-state index contributed by atoms with van der Waals surface area (Å²) in [6.07, 6.45) is -0.385. The first-order chi connectivity index (χ1) is 13.5. The average molecular weight is 441 g/mol. The van der Waals surface area contributed by atoms with E-state index < -0.39 is 32.1 Å². The van der Waals surface area contributed by atoms with Crippen molar-refractivity contribution in [1.29, 1.82) is 0 Å². The highest BCUT2D eigenvalue weighted by molar-refractivity contribution is 7.90. The molecule has 0 fully saturated rings. The van der Waals surface area contributed by atoms with Crippen LogP contribution in [0.25, 0.3) is 0 Å². The number of hydrogen-bond donors (Lipinski definition) is 3. The molecule has 1 atom stereocenters. The molecule has 0 saturated carbocycles. The number of nitrogens with one attached hydrogen (secondary N) is 2. The fourth-order valence-corrected chi connectivity index (χ4v) is 4.87. The Morgan fingerprint density at radius 3 is 1.76 bits per heavy atom. The number of carbonyl (C=O) groups is 1. The lowest BCUT2D eigenvalue weighted by molar-refractivity contribution is -0.137. The highest BCUT2D eigenvalue weighted by Gasteiger charge is 2.23. The quantitative estimate of drug-likeness (QED) is 0.516. The molecule has 0 bridgehead atoms. The van der Waals surface area contributed by atoms with Crippen molar-refractivity contribution in [3.8, 4) is 0 Å². The number of sulfonamides is 2. The molecule has 158 valence electrons. The molecule has 10 heteroatoms. The van der Waals surface area contributed by atoms with Crippen molar-refractivity contribution in [3.63, 3.8) is 0 Å². The fourth-order valence-electron chi connectivity index (χ4n) is 2.52. The Hall–Kier alpha value is -2.27. The smallest absolute Gasteiger partial charge is 0.303 e. The standard InChI is InChI=1S/C19H24N2O6S2/c1-14-3-8-17(9-4-14)28(24,25)20-13-16(7-12-19(22)23)21-29(26,27)18-10-5-15(2)6-11-18/h3-6,8-11,16,20-21H,7,12-13H2,1-2H3,(H,22,23). The van der Waals surface area contributed by atoms with Gasteiger partial charge in [-0.2, -0.15) is 0 Å². The molecule has 2 aromatic carbocycles. The van der Waals surface area contributed by atoms with Crippen molar-refractivity contribution >= 4 is 26.0 Å². The minimum atomic E-state index is -3.94. The van der Waals surface area contributed by atoms with Crippen LogP contribution in [-0.4, -0.2) is 40.5 Å². The van der Waals surface area contributed by atoms with Gasteiger partial charge in [-0.3, -0.25) is 4.79 Å². The average Bonchev–Trinajstić information content (AvgIpc) is 2.64. The lowest BCUT2D eigenvalue weighted by Crippen LogP contribution is -2.43. The van der Waals surface area contributed by atoms with E-state index in [9.17, 15) is 21.6 Å². The molecule has 0 aliphatic rings. The topological polar surface area (TPSA) is 130 Å². The van der Waals surface area contributed by atoms with Gasteiger partial charge in [0.1, 0.15) is 0 Å². The van der Waals surface area contributed by atoms with Crippen LogP contribution < -0.4 is 9.44 Å². The van der Waals surface area contributed by atoms with Gasteiger partial charge in [-0.05, 0) is 44.5 Å². The van der Waals surface area contributed by atoms with Crippen LogP contribution in [0.1, 0.15) is 24.0 Å². The number of benzene rings is 2. The van der Waals surface area contributed by atoms with E-state index in [1.807, 2.05) is 13.8 Å². The summed E-state index contributed by atoms with van der Waals surface area (Å²) in [5.41, 5.74) is 1.78. The highest BCUT2D eigenvalue weighted by atomic mass is 32.2. The van der Waals surface area contributed by atoms with E-state index in [2.05, 4.69) is 9.44 Å². The van der Waals surface area contributed by atoms with Gasteiger partial charge in [-0.25, -0.2) is 26.3 Å². The molecule has 0 saturated heterocycles. The van der Waals surface area contributed by atoms with Crippen molar-refractivity contribution in [2.45, 2.75) is 42.5 Å². The van der Waals surface area contributed by atoms with Crippen LogP contribution >= 0.6 is 0 Å². The molecule has 0 heterocycles. The SMILES string of the molecule is Cc1ccc(S(=O)(=O)NCC(CCC(=O)O)NS(=O)(=O)c2ccc(C)cc2)cc1. The Bertz CT molecular complexity index is 1050. The maximum atomic E-state index is 12.6. The van der Waals surface area contributed by atoms with Crippen molar-refractivity contribution in [1.82, 2.24) is 9.44 Å². The summed E-state index contributed by atoms with van der Waals surface area (Å²) in [5.74, 6) is -1.11. The first kappa shape index (κ1) is 23.0. The largest absolute Gasteiger partial charge is 0.481 e. The Morgan fingerprint density at radius 2 is 1.31 bits per heavy atom. The van der Waals surface area contributed by atoms with Crippen molar-refractivity contribution in [3.05, 3.63) is 59.7 Å². The number of carboxylic acid groups (broad SMARTS) is 1. The minimum absolute atomic E-state index is 0.0183. The number of carboxylic acids is 1. The number of rotatable bonds is 10. The van der Waals surface area contributed by atoms with Crippen LogP contribution in [0.4, 0.5) is 0 Å². The van der Waals surface area contributed by atoms with Gasteiger partial charge in [0.25, 0.3) is 0 Å². The maximum Gasteiger partial charge on any atom is 0.303 e. The molecule has 0 aromatic heterocycles. The minimum Gasteiger partial charge on any atom is -0.481 e. The fraction of sp³-hybridized carbons (Fsp3) is 0.316. The lowest BCUT2D eigenvalue weighted by atomic mass is 10.2. The zero-order chi connectivity index (χ0) is 21.7. The Labute approximate surface area is 171 Å². The summed E-state index contributed by atoms with van der Waals surface area (Å²) in [5, 5.41) is 8.92. The van der Waals surface area contributed by atoms with Gasteiger partial charge in [0, 0.05) is 19.0 Å². The molecule has 0 aliphatic heterocycles. The summed E-state index contributed by atoms with van der Waals surface area (Å²) in [6.45, 7) is 3.36. The maximum absolute atomic E-state index is 12.6. The molecule has 2 rings (SSSR count). The Balaban J connectivity index is 2.16. The van der Waals surface area contributed by atoms with Crippen LogP contribution in [0.2, 0.25) is 0 Å². The highest BCUT2D eigenvalue weighted by Crippen LogP contribution is 2.13. The van der Waals surface area contributed by atoms with Gasteiger partial charge in [0.05, 0.1) is 9.79 Å². The van der Waals surface area contributed by atoms with E-state index in [4.69, 9.17) is 5.11 Å². The van der Waals surface area contributed by atoms with E-state index >= 15 is 0 Å². The molecule has 8 nitrogen and oxygen atoms in total. The zero-order valence-corrected chi connectivity index (χ0v) is 17.8. The Morgan fingerprint density at radius 1 is 0.862 bits per heavy atom. The molecule has 3 N–H and O–H groups in total. The predicted molar refractivity (Wildman–Crippen MR) is 109 cm³/mol. The summed E-state index contributed by atoms with van der Waals surface area (Å²) in [4.78, 5) is 11.0. The van der Waals surface area contributed by atoms with E-state index in [1.165, 1.54) is 24.3 Å². The van der Waals surface area contributed by atoms with Crippen LogP contribution in [-0.2, 0) is 24.8 Å². The lowest BCUT2D eigenvalue weighted by Gasteiger charge is -2.19. The second kappa shape index (κ2) is 9.49. The first-order valence-corrected chi connectivity index (χ1v) is 11.8. The third-order valence-electron chi connectivity index (χ3n) is 4.21. The van der Waals surface area contributed by atoms with Gasteiger partial charge in [0.15, 0.2) is 0 Å². The van der Waals surface area contributed by atoms with Crippen molar-refractivity contribution in [2.24, 2.45) is 0 Å². The van der Waals surface area contributed by atoms with Gasteiger partial charge in [-0.15, -0.1) is 0 Å². The van der Waals surface area contributed by atoms with Gasteiger partial charge >= 0.3 is 5.97 Å². The monoisotopic (exact) mass is 440 g/mol. The summed E-state index contributed by atoms with van der Waals surface area (Å²) in [6, 6.07) is 11.4. The second-order valence-electron chi connectivity index (χ2n) is 6.73. The third-order valence-corrected chi connectivity index (χ3v) is 7.19. The zero-order valence-electron chi connectivity index (χ0n) is 16.1. The third kappa shape index (κ3) is 6.93.